The molecule has 2 aromatic carbocycles. The van der Waals surface area contributed by atoms with Crippen molar-refractivity contribution in [1.82, 2.24) is 9.88 Å². The maximum atomic E-state index is 13.2. The monoisotopic (exact) mass is 346 g/mol. The van der Waals surface area contributed by atoms with Gasteiger partial charge < -0.3 is 9.88 Å². The Hall–Kier alpha value is -2.55. The van der Waals surface area contributed by atoms with E-state index in [0.717, 1.165) is 31.4 Å². The number of carbonyl (C=O) groups excluding carboxylic acids is 1. The van der Waals surface area contributed by atoms with E-state index < -0.39 is 0 Å². The predicted octanol–water partition coefficient (Wildman–Crippen LogP) is 5.19. The van der Waals surface area contributed by atoms with Crippen molar-refractivity contribution in [1.29, 1.82) is 0 Å². The number of hydrogen-bond acceptors (Lipinski definition) is 1. The number of hydrogen-bond donors (Lipinski definition) is 1. The third kappa shape index (κ3) is 3.52. The molecule has 1 fully saturated rings. The van der Waals surface area contributed by atoms with Gasteiger partial charge in [-0.25, -0.2) is 0 Å². The standard InChI is InChI=1S/C23H26N2O/c26-23(18-9-3-1-4-10-18)25(20-11-5-2-6-12-20)16-15-19-17-24-22-14-8-7-13-21(19)22/h1,3-4,7-10,13-14,17,20,24H,2,5-6,11-12,15-16H2. The van der Waals surface area contributed by atoms with E-state index in [4.69, 9.17) is 0 Å². The first-order valence-corrected chi connectivity index (χ1v) is 9.74. The highest BCUT2D eigenvalue weighted by atomic mass is 16.2. The zero-order valence-corrected chi connectivity index (χ0v) is 15.2. The van der Waals surface area contributed by atoms with Gasteiger partial charge in [0.05, 0.1) is 0 Å². The number of aromatic amines is 1. The number of nitrogens with zero attached hydrogens (tertiary/aromatic N) is 1. The molecule has 3 heteroatoms. The van der Waals surface area contributed by atoms with Crippen molar-refractivity contribution in [3.05, 3.63) is 71.9 Å². The molecule has 0 aliphatic heterocycles. The Kier molecular flexibility index (Phi) is 5.05. The van der Waals surface area contributed by atoms with Crippen molar-refractivity contribution in [3.8, 4) is 0 Å². The van der Waals surface area contributed by atoms with Crippen LogP contribution in [-0.2, 0) is 6.42 Å². The van der Waals surface area contributed by atoms with E-state index in [1.807, 2.05) is 30.3 Å². The van der Waals surface area contributed by atoms with Crippen LogP contribution in [0.5, 0.6) is 0 Å². The molecule has 0 saturated heterocycles. The summed E-state index contributed by atoms with van der Waals surface area (Å²) in [6.45, 7) is 0.778. The molecule has 0 unspecified atom stereocenters. The summed E-state index contributed by atoms with van der Waals surface area (Å²) in [5, 5.41) is 1.27. The summed E-state index contributed by atoms with van der Waals surface area (Å²) in [7, 11) is 0. The van der Waals surface area contributed by atoms with Crippen LogP contribution in [0.15, 0.2) is 60.8 Å². The minimum Gasteiger partial charge on any atom is -0.361 e. The minimum absolute atomic E-state index is 0.178. The van der Waals surface area contributed by atoms with Gasteiger partial charge in [0.1, 0.15) is 0 Å². The molecule has 134 valence electrons. The van der Waals surface area contributed by atoms with Gasteiger partial charge in [0.25, 0.3) is 5.91 Å². The molecule has 0 bridgehead atoms. The Morgan fingerprint density at radius 2 is 1.69 bits per heavy atom. The molecule has 0 spiro atoms. The van der Waals surface area contributed by atoms with Crippen LogP contribution in [0.1, 0.15) is 48.0 Å². The molecule has 0 atom stereocenters. The highest BCUT2D eigenvalue weighted by Gasteiger charge is 2.26. The summed E-state index contributed by atoms with van der Waals surface area (Å²) in [5.41, 5.74) is 3.26. The predicted molar refractivity (Wildman–Crippen MR) is 106 cm³/mol. The molecule has 1 aromatic heterocycles. The summed E-state index contributed by atoms with van der Waals surface area (Å²) < 4.78 is 0. The van der Waals surface area contributed by atoms with Crippen LogP contribution in [-0.4, -0.2) is 28.4 Å². The smallest absolute Gasteiger partial charge is 0.254 e. The molecule has 4 rings (SSSR count). The van der Waals surface area contributed by atoms with Gasteiger partial charge in [0.15, 0.2) is 0 Å². The number of carbonyl (C=O) groups is 1. The lowest BCUT2D eigenvalue weighted by molar-refractivity contribution is 0.0637. The van der Waals surface area contributed by atoms with Crippen molar-refractivity contribution < 1.29 is 4.79 Å². The first kappa shape index (κ1) is 16.9. The molecule has 1 heterocycles. The second-order valence-corrected chi connectivity index (χ2v) is 7.27. The van der Waals surface area contributed by atoms with E-state index in [1.54, 1.807) is 0 Å². The third-order valence-electron chi connectivity index (χ3n) is 5.59. The minimum atomic E-state index is 0.178. The largest absolute Gasteiger partial charge is 0.361 e. The third-order valence-corrected chi connectivity index (χ3v) is 5.59. The van der Waals surface area contributed by atoms with Gasteiger partial charge in [-0.05, 0) is 43.0 Å². The van der Waals surface area contributed by atoms with Crippen LogP contribution in [0.4, 0.5) is 0 Å². The maximum absolute atomic E-state index is 13.2. The number of fused-ring (bicyclic) bond motifs is 1. The van der Waals surface area contributed by atoms with Crippen LogP contribution >= 0.6 is 0 Å². The first-order chi connectivity index (χ1) is 12.8. The van der Waals surface area contributed by atoms with Crippen LogP contribution < -0.4 is 0 Å². The molecule has 3 nitrogen and oxygen atoms in total. The van der Waals surface area contributed by atoms with E-state index >= 15 is 0 Å². The number of benzene rings is 2. The fourth-order valence-electron chi connectivity index (χ4n) is 4.17. The molecule has 0 radical (unpaired) electrons. The van der Waals surface area contributed by atoms with Crippen LogP contribution in [0.25, 0.3) is 10.9 Å². The van der Waals surface area contributed by atoms with E-state index in [2.05, 4.69) is 40.3 Å². The summed E-state index contributed by atoms with van der Waals surface area (Å²) in [4.78, 5) is 18.7. The molecule has 1 saturated carbocycles. The molecule has 1 aliphatic carbocycles. The maximum Gasteiger partial charge on any atom is 0.254 e. The average molecular weight is 346 g/mol. The number of rotatable bonds is 5. The summed E-state index contributed by atoms with van der Waals surface area (Å²) in [5.74, 6) is 0.178. The lowest BCUT2D eigenvalue weighted by atomic mass is 9.93. The quantitative estimate of drug-likeness (QED) is 0.678. The highest BCUT2D eigenvalue weighted by Crippen LogP contribution is 2.25. The van der Waals surface area contributed by atoms with Crippen molar-refractivity contribution in [2.75, 3.05) is 6.54 Å². The highest BCUT2D eigenvalue weighted by molar-refractivity contribution is 5.94. The lowest BCUT2D eigenvalue weighted by Crippen LogP contribution is -2.42. The molecular formula is C23H26N2O. The summed E-state index contributed by atoms with van der Waals surface area (Å²) in [6.07, 6.45) is 9.01. The molecule has 3 aromatic rings. The molecular weight excluding hydrogens is 320 g/mol. The van der Waals surface area contributed by atoms with Gasteiger partial charge in [-0.15, -0.1) is 0 Å². The average Bonchev–Trinajstić information content (AvgIpc) is 3.13. The fraction of sp³-hybridized carbons (Fsp3) is 0.348. The molecule has 26 heavy (non-hydrogen) atoms. The Morgan fingerprint density at radius 1 is 0.962 bits per heavy atom. The molecule has 1 amide bonds. The number of amides is 1. The van der Waals surface area contributed by atoms with Gasteiger partial charge in [0, 0.05) is 35.2 Å². The van der Waals surface area contributed by atoms with Gasteiger partial charge in [-0.2, -0.15) is 0 Å². The zero-order chi connectivity index (χ0) is 17.8. The lowest BCUT2D eigenvalue weighted by Gasteiger charge is -2.34. The van der Waals surface area contributed by atoms with Crippen LogP contribution in [0.2, 0.25) is 0 Å². The number of para-hydroxylation sites is 1. The first-order valence-electron chi connectivity index (χ1n) is 9.74. The number of H-pyrrole nitrogens is 1. The topological polar surface area (TPSA) is 36.1 Å². The second kappa shape index (κ2) is 7.77. The van der Waals surface area contributed by atoms with Gasteiger partial charge in [-0.1, -0.05) is 55.7 Å². The van der Waals surface area contributed by atoms with Crippen molar-refractivity contribution in [3.63, 3.8) is 0 Å². The Balaban J connectivity index is 1.55. The van der Waals surface area contributed by atoms with Gasteiger partial charge >= 0.3 is 0 Å². The molecule has 1 aliphatic rings. The van der Waals surface area contributed by atoms with Crippen molar-refractivity contribution in [2.24, 2.45) is 0 Å². The van der Waals surface area contributed by atoms with Gasteiger partial charge in [-0.3, -0.25) is 4.79 Å². The SMILES string of the molecule is O=C(c1ccccc1)N(CCc1c[nH]c2ccccc12)C1CCCCC1. The van der Waals surface area contributed by atoms with Crippen molar-refractivity contribution >= 4 is 16.8 Å². The van der Waals surface area contributed by atoms with Crippen LogP contribution in [0.3, 0.4) is 0 Å². The van der Waals surface area contributed by atoms with E-state index in [1.165, 1.54) is 35.7 Å². The Morgan fingerprint density at radius 3 is 2.50 bits per heavy atom. The molecule has 1 N–H and O–H groups in total. The van der Waals surface area contributed by atoms with Crippen LogP contribution in [0, 0.1) is 0 Å². The van der Waals surface area contributed by atoms with Gasteiger partial charge in [0.2, 0.25) is 0 Å². The summed E-state index contributed by atoms with van der Waals surface area (Å²) >= 11 is 0. The Bertz CT molecular complexity index is 862. The normalized spacial score (nSPS) is 15.2. The van der Waals surface area contributed by atoms with Crippen molar-refractivity contribution in [2.45, 2.75) is 44.6 Å². The van der Waals surface area contributed by atoms with E-state index in [0.29, 0.717) is 6.04 Å². The number of aromatic nitrogens is 1. The summed E-state index contributed by atoms with van der Waals surface area (Å²) in [6, 6.07) is 18.5. The van der Waals surface area contributed by atoms with E-state index in [9.17, 15) is 4.79 Å². The fourth-order valence-corrected chi connectivity index (χ4v) is 4.17. The zero-order valence-electron chi connectivity index (χ0n) is 15.2. The number of nitrogens with one attached hydrogen (secondary N) is 1. The Labute approximate surface area is 155 Å². The second-order valence-electron chi connectivity index (χ2n) is 7.27. The van der Waals surface area contributed by atoms with E-state index in [-0.39, 0.29) is 5.91 Å².